The molecule has 19 heavy (non-hydrogen) atoms. The van der Waals surface area contributed by atoms with Crippen molar-refractivity contribution in [3.63, 3.8) is 0 Å². The highest BCUT2D eigenvalue weighted by molar-refractivity contribution is 5.41. The van der Waals surface area contributed by atoms with Crippen molar-refractivity contribution < 1.29 is 4.39 Å². The van der Waals surface area contributed by atoms with Crippen molar-refractivity contribution in [1.29, 1.82) is 0 Å². The van der Waals surface area contributed by atoms with Gasteiger partial charge in [0.1, 0.15) is 5.82 Å². The largest absolute Gasteiger partial charge is 0.396 e. The first-order valence-corrected chi connectivity index (χ1v) is 7.23. The molecule has 1 unspecified atom stereocenters. The molecule has 0 aliphatic carbocycles. The predicted molar refractivity (Wildman–Crippen MR) is 75.3 cm³/mol. The average Bonchev–Trinajstić information content (AvgIpc) is 2.73. The maximum atomic E-state index is 13.5. The Kier molecular flexibility index (Phi) is 3.71. The van der Waals surface area contributed by atoms with Gasteiger partial charge in [0.15, 0.2) is 0 Å². The monoisotopic (exact) mass is 263 g/mol. The van der Waals surface area contributed by atoms with Gasteiger partial charge < -0.3 is 5.73 Å². The third-order valence-corrected chi connectivity index (χ3v) is 4.36. The zero-order chi connectivity index (χ0) is 13.2. The molecule has 1 aromatic carbocycles. The van der Waals surface area contributed by atoms with Crippen LogP contribution in [-0.2, 0) is 6.54 Å². The highest BCUT2D eigenvalue weighted by Crippen LogP contribution is 2.22. The third-order valence-electron chi connectivity index (χ3n) is 4.36. The molecule has 2 fully saturated rings. The topological polar surface area (TPSA) is 32.5 Å². The second-order valence-corrected chi connectivity index (χ2v) is 5.78. The van der Waals surface area contributed by atoms with E-state index in [0.29, 0.717) is 6.04 Å². The Labute approximate surface area is 114 Å². The second kappa shape index (κ2) is 5.47. The number of rotatable bonds is 2. The van der Waals surface area contributed by atoms with Crippen LogP contribution in [0.25, 0.3) is 0 Å². The van der Waals surface area contributed by atoms with Crippen LogP contribution in [0, 0.1) is 5.82 Å². The summed E-state index contributed by atoms with van der Waals surface area (Å²) in [5.74, 6) is -0.296. The minimum Gasteiger partial charge on any atom is -0.396 e. The Balaban J connectivity index is 1.66. The van der Waals surface area contributed by atoms with E-state index in [2.05, 4.69) is 9.80 Å². The van der Waals surface area contributed by atoms with Crippen LogP contribution in [-0.4, -0.2) is 42.0 Å². The molecule has 2 N–H and O–H groups in total. The molecule has 0 saturated carbocycles. The minimum absolute atomic E-state index is 0.238. The Morgan fingerprint density at radius 1 is 1.21 bits per heavy atom. The van der Waals surface area contributed by atoms with Crippen LogP contribution in [0.1, 0.15) is 24.8 Å². The second-order valence-electron chi connectivity index (χ2n) is 5.78. The van der Waals surface area contributed by atoms with Crippen molar-refractivity contribution in [2.75, 3.05) is 31.9 Å². The van der Waals surface area contributed by atoms with E-state index in [-0.39, 0.29) is 11.5 Å². The highest BCUT2D eigenvalue weighted by Gasteiger charge is 2.28. The summed E-state index contributed by atoms with van der Waals surface area (Å²) in [5, 5.41) is 0. The fraction of sp³-hybridized carbons (Fsp3) is 0.600. The van der Waals surface area contributed by atoms with E-state index in [0.717, 1.165) is 25.2 Å². The number of hydrogen-bond acceptors (Lipinski definition) is 3. The summed E-state index contributed by atoms with van der Waals surface area (Å²) in [6.45, 7) is 5.54. The normalized spacial score (nSPS) is 25.2. The molecule has 1 atom stereocenters. The molecule has 1 aromatic rings. The first-order valence-electron chi connectivity index (χ1n) is 7.23. The maximum Gasteiger partial charge on any atom is 0.146 e. The van der Waals surface area contributed by atoms with E-state index >= 15 is 0 Å². The Morgan fingerprint density at radius 3 is 2.89 bits per heavy atom. The number of hydrogen-bond donors (Lipinski definition) is 1. The van der Waals surface area contributed by atoms with Gasteiger partial charge in [-0.05, 0) is 56.6 Å². The van der Waals surface area contributed by atoms with Crippen molar-refractivity contribution in [2.45, 2.75) is 31.8 Å². The molecule has 2 aliphatic rings. The van der Waals surface area contributed by atoms with E-state index in [1.165, 1.54) is 32.4 Å². The number of benzene rings is 1. The van der Waals surface area contributed by atoms with E-state index in [9.17, 15) is 4.39 Å². The number of nitrogens with two attached hydrogens (primary N) is 1. The molecule has 2 saturated heterocycles. The lowest BCUT2D eigenvalue weighted by Crippen LogP contribution is -2.36. The number of fused-ring (bicyclic) bond motifs is 1. The summed E-state index contributed by atoms with van der Waals surface area (Å²) < 4.78 is 13.5. The zero-order valence-corrected chi connectivity index (χ0v) is 11.3. The van der Waals surface area contributed by atoms with Crippen LogP contribution in [0.15, 0.2) is 18.2 Å². The summed E-state index contributed by atoms with van der Waals surface area (Å²) in [6.07, 6.45) is 3.86. The van der Waals surface area contributed by atoms with Gasteiger partial charge in [-0.2, -0.15) is 0 Å². The molecule has 4 heteroatoms. The van der Waals surface area contributed by atoms with Gasteiger partial charge in [-0.15, -0.1) is 0 Å². The number of nitrogen functional groups attached to an aromatic ring is 1. The first kappa shape index (κ1) is 12.9. The predicted octanol–water partition coefficient (Wildman–Crippen LogP) is 2.08. The maximum absolute atomic E-state index is 13.5. The molecular weight excluding hydrogens is 241 g/mol. The lowest BCUT2D eigenvalue weighted by Gasteiger charge is -2.25. The summed E-state index contributed by atoms with van der Waals surface area (Å²) in [6, 6.07) is 5.90. The van der Waals surface area contributed by atoms with Crippen LogP contribution >= 0.6 is 0 Å². The molecule has 0 radical (unpaired) electrons. The molecule has 0 aromatic heterocycles. The summed E-state index contributed by atoms with van der Waals surface area (Å²) >= 11 is 0. The molecule has 0 spiro atoms. The van der Waals surface area contributed by atoms with Gasteiger partial charge in [0, 0.05) is 19.1 Å². The number of nitrogens with zero attached hydrogens (tertiary/aromatic N) is 2. The average molecular weight is 263 g/mol. The Morgan fingerprint density at radius 2 is 2.05 bits per heavy atom. The standard InChI is InChI=1S/C15H22FN3/c16-14-9-12(4-5-15(14)17)10-18-6-2-8-19-7-1-3-13(19)11-18/h4-5,9,13H,1-3,6-8,10-11,17H2. The van der Waals surface area contributed by atoms with Crippen LogP contribution in [0.5, 0.6) is 0 Å². The van der Waals surface area contributed by atoms with Crippen LogP contribution in [0.2, 0.25) is 0 Å². The van der Waals surface area contributed by atoms with Gasteiger partial charge in [-0.1, -0.05) is 6.07 Å². The summed E-state index contributed by atoms with van der Waals surface area (Å²) in [4.78, 5) is 5.07. The smallest absolute Gasteiger partial charge is 0.146 e. The van der Waals surface area contributed by atoms with Crippen molar-refractivity contribution in [3.8, 4) is 0 Å². The fourth-order valence-electron chi connectivity index (χ4n) is 3.35. The van der Waals surface area contributed by atoms with Crippen LogP contribution < -0.4 is 5.73 Å². The molecule has 2 aliphatic heterocycles. The fourth-order valence-corrected chi connectivity index (χ4v) is 3.35. The van der Waals surface area contributed by atoms with Crippen molar-refractivity contribution in [1.82, 2.24) is 9.80 Å². The lowest BCUT2D eigenvalue weighted by molar-refractivity contribution is 0.215. The lowest BCUT2D eigenvalue weighted by atomic mass is 10.1. The Hall–Kier alpha value is -1.13. The van der Waals surface area contributed by atoms with Gasteiger partial charge in [0.25, 0.3) is 0 Å². The molecule has 3 rings (SSSR count). The van der Waals surface area contributed by atoms with Gasteiger partial charge in [0.2, 0.25) is 0 Å². The number of anilines is 1. The van der Waals surface area contributed by atoms with Crippen molar-refractivity contribution in [2.24, 2.45) is 0 Å². The number of halogens is 1. The van der Waals surface area contributed by atoms with Gasteiger partial charge in [0.05, 0.1) is 5.69 Å². The van der Waals surface area contributed by atoms with Gasteiger partial charge in [-0.3, -0.25) is 9.80 Å². The van der Waals surface area contributed by atoms with Crippen molar-refractivity contribution in [3.05, 3.63) is 29.6 Å². The quantitative estimate of drug-likeness (QED) is 0.829. The molecular formula is C15H22FN3. The molecule has 104 valence electrons. The SMILES string of the molecule is Nc1ccc(CN2CCCN3CCCC3C2)cc1F. The van der Waals surface area contributed by atoms with Gasteiger partial charge >= 0.3 is 0 Å². The van der Waals surface area contributed by atoms with E-state index in [1.807, 2.05) is 6.07 Å². The molecule has 0 bridgehead atoms. The van der Waals surface area contributed by atoms with E-state index in [1.54, 1.807) is 12.1 Å². The molecule has 0 amide bonds. The zero-order valence-electron chi connectivity index (χ0n) is 11.3. The third kappa shape index (κ3) is 2.90. The van der Waals surface area contributed by atoms with Crippen LogP contribution in [0.4, 0.5) is 10.1 Å². The van der Waals surface area contributed by atoms with Crippen LogP contribution in [0.3, 0.4) is 0 Å². The Bertz CT molecular complexity index is 449. The first-order chi connectivity index (χ1) is 9.22. The van der Waals surface area contributed by atoms with E-state index in [4.69, 9.17) is 5.73 Å². The van der Waals surface area contributed by atoms with E-state index < -0.39 is 0 Å². The molecule has 3 nitrogen and oxygen atoms in total. The summed E-state index contributed by atoms with van der Waals surface area (Å²) in [5.41, 5.74) is 6.79. The summed E-state index contributed by atoms with van der Waals surface area (Å²) in [7, 11) is 0. The molecule has 2 heterocycles. The minimum atomic E-state index is -0.296. The highest BCUT2D eigenvalue weighted by atomic mass is 19.1. The van der Waals surface area contributed by atoms with Crippen molar-refractivity contribution >= 4 is 5.69 Å². The van der Waals surface area contributed by atoms with Gasteiger partial charge in [-0.25, -0.2) is 4.39 Å².